The number of β-amino-alcohol motifs (C(OH)–C–C–N with tert-alkyl or cyclic N) is 1. The number of nitrogens with one attached hydrogen (secondary N) is 2. The molecular formula is C17H23N3O4. The van der Waals surface area contributed by atoms with Crippen molar-refractivity contribution in [3.63, 3.8) is 0 Å². The number of hydrogen-bond acceptors (Lipinski definition) is 4. The minimum atomic E-state index is -0.776. The van der Waals surface area contributed by atoms with Crippen molar-refractivity contribution in [2.45, 2.75) is 38.0 Å². The first-order valence-electron chi connectivity index (χ1n) is 7.93. The summed E-state index contributed by atoms with van der Waals surface area (Å²) in [5.41, 5.74) is 0.904. The van der Waals surface area contributed by atoms with Gasteiger partial charge in [-0.1, -0.05) is 30.3 Å². The van der Waals surface area contributed by atoms with Gasteiger partial charge in [0.1, 0.15) is 12.1 Å². The molecule has 1 aliphatic rings. The molecule has 2 rings (SSSR count). The highest BCUT2D eigenvalue weighted by molar-refractivity contribution is 5.92. The van der Waals surface area contributed by atoms with Gasteiger partial charge in [0.25, 0.3) is 0 Å². The summed E-state index contributed by atoms with van der Waals surface area (Å²) in [5, 5.41) is 15.0. The third-order valence-corrected chi connectivity index (χ3v) is 4.07. The van der Waals surface area contributed by atoms with Gasteiger partial charge in [-0.15, -0.1) is 0 Å². The number of nitrogens with zero attached hydrogens (tertiary/aromatic N) is 1. The number of hydrogen-bond donors (Lipinski definition) is 3. The molecule has 0 spiro atoms. The van der Waals surface area contributed by atoms with Gasteiger partial charge in [0.05, 0.1) is 6.10 Å². The van der Waals surface area contributed by atoms with E-state index in [0.717, 1.165) is 5.56 Å². The van der Waals surface area contributed by atoms with E-state index in [1.807, 2.05) is 30.3 Å². The predicted octanol–water partition coefficient (Wildman–Crippen LogP) is -0.558. The van der Waals surface area contributed by atoms with E-state index >= 15 is 0 Å². The fourth-order valence-corrected chi connectivity index (χ4v) is 2.97. The van der Waals surface area contributed by atoms with Crippen LogP contribution < -0.4 is 10.6 Å². The first kappa shape index (κ1) is 17.9. The second-order valence-electron chi connectivity index (χ2n) is 5.95. The molecule has 1 aromatic rings. The lowest BCUT2D eigenvalue weighted by atomic mass is 10.0. The van der Waals surface area contributed by atoms with Crippen LogP contribution in [0, 0.1) is 0 Å². The molecule has 3 N–H and O–H groups in total. The molecule has 1 heterocycles. The van der Waals surface area contributed by atoms with Crippen LogP contribution in [-0.4, -0.2) is 59.5 Å². The summed E-state index contributed by atoms with van der Waals surface area (Å²) in [5.74, 6) is -0.999. The zero-order chi connectivity index (χ0) is 17.7. The summed E-state index contributed by atoms with van der Waals surface area (Å²) in [7, 11) is 1.49. The minimum absolute atomic E-state index is 0.0851. The Morgan fingerprint density at radius 3 is 2.54 bits per heavy atom. The topological polar surface area (TPSA) is 98.7 Å². The van der Waals surface area contributed by atoms with Gasteiger partial charge in [-0.05, 0) is 5.56 Å². The summed E-state index contributed by atoms with van der Waals surface area (Å²) in [4.78, 5) is 37.7. The maximum absolute atomic E-state index is 12.9. The molecule has 7 heteroatoms. The Balaban J connectivity index is 2.19. The molecule has 0 aromatic heterocycles. The molecule has 0 radical (unpaired) electrons. The number of likely N-dealkylation sites (N-methyl/N-ethyl adjacent to an activating group) is 1. The Morgan fingerprint density at radius 2 is 1.96 bits per heavy atom. The van der Waals surface area contributed by atoms with Crippen molar-refractivity contribution in [1.82, 2.24) is 15.5 Å². The lowest BCUT2D eigenvalue weighted by Crippen LogP contribution is -2.53. The zero-order valence-electron chi connectivity index (χ0n) is 13.9. The van der Waals surface area contributed by atoms with Crippen LogP contribution >= 0.6 is 0 Å². The van der Waals surface area contributed by atoms with Crippen molar-refractivity contribution in [3.8, 4) is 0 Å². The van der Waals surface area contributed by atoms with Crippen molar-refractivity contribution >= 4 is 17.7 Å². The van der Waals surface area contributed by atoms with Gasteiger partial charge >= 0.3 is 0 Å². The Bertz CT molecular complexity index is 605. The third kappa shape index (κ3) is 4.32. The summed E-state index contributed by atoms with van der Waals surface area (Å²) in [6.07, 6.45) is -0.221. The number of aliphatic hydroxyl groups is 1. The van der Waals surface area contributed by atoms with Gasteiger partial charge in [0, 0.05) is 33.4 Å². The Labute approximate surface area is 141 Å². The van der Waals surface area contributed by atoms with Crippen LogP contribution in [0.4, 0.5) is 0 Å². The minimum Gasteiger partial charge on any atom is -0.391 e. The summed E-state index contributed by atoms with van der Waals surface area (Å²) in [6.45, 7) is 1.43. The molecule has 0 bridgehead atoms. The van der Waals surface area contributed by atoms with Crippen LogP contribution in [0.3, 0.4) is 0 Å². The lowest BCUT2D eigenvalue weighted by Gasteiger charge is -2.28. The smallest absolute Gasteiger partial charge is 0.246 e. The zero-order valence-corrected chi connectivity index (χ0v) is 13.9. The van der Waals surface area contributed by atoms with Crippen LogP contribution in [0.25, 0.3) is 0 Å². The van der Waals surface area contributed by atoms with E-state index in [4.69, 9.17) is 0 Å². The van der Waals surface area contributed by atoms with Gasteiger partial charge in [-0.3, -0.25) is 14.4 Å². The number of carbonyl (C=O) groups excluding carboxylic acids is 3. The lowest BCUT2D eigenvalue weighted by molar-refractivity contribution is -0.141. The Hall–Kier alpha value is -2.41. The van der Waals surface area contributed by atoms with Crippen molar-refractivity contribution in [1.29, 1.82) is 0 Å². The SMILES string of the molecule is CNC(=O)[C@@H]1C[C@@H](O)CN1C(=O)[C@H](Cc1ccccc1)NC(C)=O. The molecule has 3 atom stereocenters. The maximum atomic E-state index is 12.9. The number of rotatable bonds is 5. The fourth-order valence-electron chi connectivity index (χ4n) is 2.97. The second kappa shape index (κ2) is 7.92. The van der Waals surface area contributed by atoms with Gasteiger partial charge in [0.2, 0.25) is 17.7 Å². The average molecular weight is 333 g/mol. The molecule has 0 aliphatic carbocycles. The van der Waals surface area contributed by atoms with Gasteiger partial charge < -0.3 is 20.6 Å². The van der Waals surface area contributed by atoms with E-state index in [1.54, 1.807) is 0 Å². The van der Waals surface area contributed by atoms with Crippen LogP contribution in [0.1, 0.15) is 18.9 Å². The van der Waals surface area contributed by atoms with E-state index in [0.29, 0.717) is 6.42 Å². The Kier molecular flexibility index (Phi) is 5.92. The predicted molar refractivity (Wildman–Crippen MR) is 87.9 cm³/mol. The van der Waals surface area contributed by atoms with E-state index in [9.17, 15) is 19.5 Å². The van der Waals surface area contributed by atoms with Crippen molar-refractivity contribution < 1.29 is 19.5 Å². The highest BCUT2D eigenvalue weighted by Crippen LogP contribution is 2.20. The van der Waals surface area contributed by atoms with E-state index in [2.05, 4.69) is 10.6 Å². The van der Waals surface area contributed by atoms with Crippen LogP contribution in [0.2, 0.25) is 0 Å². The van der Waals surface area contributed by atoms with Crippen LogP contribution in [0.5, 0.6) is 0 Å². The largest absolute Gasteiger partial charge is 0.391 e. The Morgan fingerprint density at radius 1 is 1.29 bits per heavy atom. The monoisotopic (exact) mass is 333 g/mol. The maximum Gasteiger partial charge on any atom is 0.246 e. The molecule has 1 aliphatic heterocycles. The molecular weight excluding hydrogens is 310 g/mol. The normalized spacial score (nSPS) is 21.2. The molecule has 0 saturated carbocycles. The van der Waals surface area contributed by atoms with Crippen molar-refractivity contribution in [2.75, 3.05) is 13.6 Å². The van der Waals surface area contributed by atoms with Gasteiger partial charge in [0.15, 0.2) is 0 Å². The van der Waals surface area contributed by atoms with Crippen LogP contribution in [0.15, 0.2) is 30.3 Å². The van der Waals surface area contributed by atoms with E-state index < -0.39 is 18.2 Å². The molecule has 1 saturated heterocycles. The summed E-state index contributed by atoms with van der Waals surface area (Å²) >= 11 is 0. The molecule has 130 valence electrons. The van der Waals surface area contributed by atoms with E-state index in [-0.39, 0.29) is 30.7 Å². The molecule has 1 aromatic carbocycles. The third-order valence-electron chi connectivity index (χ3n) is 4.07. The number of likely N-dealkylation sites (tertiary alicyclic amines) is 1. The van der Waals surface area contributed by atoms with Crippen LogP contribution in [-0.2, 0) is 20.8 Å². The van der Waals surface area contributed by atoms with E-state index in [1.165, 1.54) is 18.9 Å². The number of benzene rings is 1. The molecule has 0 unspecified atom stereocenters. The first-order chi connectivity index (χ1) is 11.4. The summed E-state index contributed by atoms with van der Waals surface area (Å²) < 4.78 is 0. The number of carbonyl (C=O) groups is 3. The van der Waals surface area contributed by atoms with Gasteiger partial charge in [-0.2, -0.15) is 0 Å². The molecule has 3 amide bonds. The van der Waals surface area contributed by atoms with Crippen molar-refractivity contribution in [2.24, 2.45) is 0 Å². The number of aliphatic hydroxyl groups excluding tert-OH is 1. The van der Waals surface area contributed by atoms with Gasteiger partial charge in [-0.25, -0.2) is 0 Å². The fraction of sp³-hybridized carbons (Fsp3) is 0.471. The average Bonchev–Trinajstić information content (AvgIpc) is 2.95. The first-order valence-corrected chi connectivity index (χ1v) is 7.93. The summed E-state index contributed by atoms with van der Waals surface area (Å²) in [6, 6.07) is 7.84. The quantitative estimate of drug-likeness (QED) is 0.673. The second-order valence-corrected chi connectivity index (χ2v) is 5.95. The number of amides is 3. The van der Waals surface area contributed by atoms with Crippen molar-refractivity contribution in [3.05, 3.63) is 35.9 Å². The molecule has 1 fully saturated rings. The highest BCUT2D eigenvalue weighted by Gasteiger charge is 2.40. The molecule has 24 heavy (non-hydrogen) atoms. The molecule has 7 nitrogen and oxygen atoms in total. The standard InChI is InChI=1S/C17H23N3O4/c1-11(21)19-14(8-12-6-4-3-5-7-12)17(24)20-10-13(22)9-15(20)16(23)18-2/h3-7,13-15,22H,8-10H2,1-2H3,(H,18,23)(H,19,21)/t13-,14+,15+/m1/s1. The highest BCUT2D eigenvalue weighted by atomic mass is 16.3.